The van der Waals surface area contributed by atoms with Gasteiger partial charge in [0.05, 0.1) is 16.6 Å². The van der Waals surface area contributed by atoms with Crippen LogP contribution >= 0.6 is 0 Å². The predicted octanol–water partition coefficient (Wildman–Crippen LogP) is 2.57. The van der Waals surface area contributed by atoms with Crippen LogP contribution in [-0.2, 0) is 9.53 Å². The van der Waals surface area contributed by atoms with Crippen molar-refractivity contribution in [3.05, 3.63) is 0 Å². The molecular weight excluding hydrogens is 264 g/mol. The average molecular weight is 296 g/mol. The first-order valence-corrected chi connectivity index (χ1v) is 8.40. The molecule has 0 aromatic heterocycles. The number of carbonyl (C=O) groups excluding carboxylic acids is 1. The van der Waals surface area contributed by atoms with Crippen LogP contribution in [0.3, 0.4) is 0 Å². The van der Waals surface area contributed by atoms with E-state index in [4.69, 9.17) is 4.74 Å². The molecule has 0 saturated carbocycles. The molecule has 2 aliphatic heterocycles. The van der Waals surface area contributed by atoms with Gasteiger partial charge in [-0.15, -0.1) is 0 Å². The van der Waals surface area contributed by atoms with E-state index in [0.29, 0.717) is 19.0 Å². The summed E-state index contributed by atoms with van der Waals surface area (Å²) in [6.45, 7) is 13.8. The molecule has 122 valence electrons. The summed E-state index contributed by atoms with van der Waals surface area (Å²) < 4.78 is 6.11. The van der Waals surface area contributed by atoms with E-state index < -0.39 is 0 Å². The first-order valence-electron chi connectivity index (χ1n) is 8.40. The molecule has 0 aromatic carbocycles. The molecule has 4 heteroatoms. The summed E-state index contributed by atoms with van der Waals surface area (Å²) in [5.41, 5.74) is -0.740. The summed E-state index contributed by atoms with van der Waals surface area (Å²) in [7, 11) is 0. The standard InChI is InChI=1S/C17H32N2O2/c1-6-8-17(9-7-10-18-11-17)14(20)19-12-15(2,3)21-16(4,5)13-19/h18H,6-13H2,1-5H3. The highest BCUT2D eigenvalue weighted by Gasteiger charge is 2.46. The SMILES string of the molecule is CCCC1(C(=O)N2CC(C)(C)OC(C)(C)C2)CCCNC1. The highest BCUT2D eigenvalue weighted by Crippen LogP contribution is 2.37. The third-order valence-corrected chi connectivity index (χ3v) is 4.64. The van der Waals surface area contributed by atoms with Gasteiger partial charge in [0.25, 0.3) is 0 Å². The first kappa shape index (κ1) is 16.8. The molecule has 4 nitrogen and oxygen atoms in total. The minimum Gasteiger partial charge on any atom is -0.366 e. The van der Waals surface area contributed by atoms with Crippen molar-refractivity contribution < 1.29 is 9.53 Å². The van der Waals surface area contributed by atoms with Crippen molar-refractivity contribution in [1.82, 2.24) is 10.2 Å². The lowest BCUT2D eigenvalue weighted by Crippen LogP contribution is -2.62. The Kier molecular flexibility index (Phi) is 4.69. The van der Waals surface area contributed by atoms with E-state index in [1.807, 2.05) is 0 Å². The van der Waals surface area contributed by atoms with E-state index in [1.54, 1.807) is 0 Å². The van der Waals surface area contributed by atoms with Gasteiger partial charge in [-0.2, -0.15) is 0 Å². The van der Waals surface area contributed by atoms with E-state index in [9.17, 15) is 4.79 Å². The molecule has 0 radical (unpaired) electrons. The minimum atomic E-state index is -0.271. The maximum absolute atomic E-state index is 13.3. The van der Waals surface area contributed by atoms with Gasteiger partial charge in [-0.3, -0.25) is 4.79 Å². The molecule has 2 fully saturated rings. The van der Waals surface area contributed by atoms with E-state index in [-0.39, 0.29) is 16.6 Å². The molecule has 2 rings (SSSR count). The van der Waals surface area contributed by atoms with Gasteiger partial charge >= 0.3 is 0 Å². The molecule has 2 heterocycles. The van der Waals surface area contributed by atoms with Crippen molar-refractivity contribution in [2.75, 3.05) is 26.2 Å². The molecule has 0 aromatic rings. The molecule has 21 heavy (non-hydrogen) atoms. The van der Waals surface area contributed by atoms with Gasteiger partial charge in [0, 0.05) is 19.6 Å². The van der Waals surface area contributed by atoms with Gasteiger partial charge in [-0.25, -0.2) is 0 Å². The Balaban J connectivity index is 2.20. The second-order valence-electron chi connectivity index (χ2n) is 8.09. The van der Waals surface area contributed by atoms with Crippen LogP contribution in [0, 0.1) is 5.41 Å². The van der Waals surface area contributed by atoms with Crippen LogP contribution in [0.5, 0.6) is 0 Å². The van der Waals surface area contributed by atoms with Crippen molar-refractivity contribution in [1.29, 1.82) is 0 Å². The Morgan fingerprint density at radius 2 is 1.81 bits per heavy atom. The Bertz CT molecular complexity index is 363. The number of amides is 1. The zero-order valence-corrected chi connectivity index (χ0v) is 14.4. The fourth-order valence-electron chi connectivity index (χ4n) is 4.22. The van der Waals surface area contributed by atoms with Gasteiger partial charge in [-0.1, -0.05) is 13.3 Å². The molecule has 1 unspecified atom stereocenters. The second-order valence-corrected chi connectivity index (χ2v) is 8.09. The van der Waals surface area contributed by atoms with Crippen molar-refractivity contribution in [3.63, 3.8) is 0 Å². The van der Waals surface area contributed by atoms with Crippen LogP contribution < -0.4 is 5.32 Å². The summed E-state index contributed by atoms with van der Waals surface area (Å²) in [6, 6.07) is 0. The number of nitrogens with zero attached hydrogens (tertiary/aromatic N) is 1. The lowest BCUT2D eigenvalue weighted by atomic mass is 9.75. The smallest absolute Gasteiger partial charge is 0.230 e. The van der Waals surface area contributed by atoms with E-state index in [1.165, 1.54) is 0 Å². The quantitative estimate of drug-likeness (QED) is 0.870. The van der Waals surface area contributed by atoms with Gasteiger partial charge in [-0.05, 0) is 53.5 Å². The number of nitrogens with one attached hydrogen (secondary N) is 1. The largest absolute Gasteiger partial charge is 0.366 e. The van der Waals surface area contributed by atoms with Gasteiger partial charge in [0.2, 0.25) is 5.91 Å². The Morgan fingerprint density at radius 3 is 2.29 bits per heavy atom. The van der Waals surface area contributed by atoms with Crippen LogP contribution in [0.25, 0.3) is 0 Å². The number of hydrogen-bond donors (Lipinski definition) is 1. The molecule has 0 aliphatic carbocycles. The first-order chi connectivity index (χ1) is 9.70. The fourth-order valence-corrected chi connectivity index (χ4v) is 4.22. The number of morpholine rings is 1. The molecular formula is C17H32N2O2. The second kappa shape index (κ2) is 5.88. The summed E-state index contributed by atoms with van der Waals surface area (Å²) in [5, 5.41) is 3.44. The van der Waals surface area contributed by atoms with Crippen molar-refractivity contribution >= 4 is 5.91 Å². The van der Waals surface area contributed by atoms with Gasteiger partial charge in [0.15, 0.2) is 0 Å². The number of rotatable bonds is 3. The topological polar surface area (TPSA) is 41.6 Å². The molecule has 2 saturated heterocycles. The predicted molar refractivity (Wildman–Crippen MR) is 85.3 cm³/mol. The zero-order chi connectivity index (χ0) is 15.7. The number of piperidine rings is 1. The number of hydrogen-bond acceptors (Lipinski definition) is 3. The number of carbonyl (C=O) groups is 1. The zero-order valence-electron chi connectivity index (χ0n) is 14.4. The molecule has 1 amide bonds. The van der Waals surface area contributed by atoms with Crippen LogP contribution in [-0.4, -0.2) is 48.2 Å². The molecule has 1 N–H and O–H groups in total. The van der Waals surface area contributed by atoms with Crippen molar-refractivity contribution in [3.8, 4) is 0 Å². The molecule has 0 spiro atoms. The maximum Gasteiger partial charge on any atom is 0.230 e. The highest BCUT2D eigenvalue weighted by molar-refractivity contribution is 5.83. The van der Waals surface area contributed by atoms with E-state index >= 15 is 0 Å². The minimum absolute atomic E-state index is 0.198. The van der Waals surface area contributed by atoms with Crippen LogP contribution in [0.4, 0.5) is 0 Å². The number of ether oxygens (including phenoxy) is 1. The molecule has 0 bridgehead atoms. The third-order valence-electron chi connectivity index (χ3n) is 4.64. The van der Waals surface area contributed by atoms with Crippen LogP contribution in [0.2, 0.25) is 0 Å². The normalized spacial score (nSPS) is 32.0. The van der Waals surface area contributed by atoms with Gasteiger partial charge in [0.1, 0.15) is 0 Å². The monoisotopic (exact) mass is 296 g/mol. The lowest BCUT2D eigenvalue weighted by molar-refractivity contribution is -0.194. The Hall–Kier alpha value is -0.610. The maximum atomic E-state index is 13.3. The summed E-state index contributed by atoms with van der Waals surface area (Å²) in [4.78, 5) is 15.3. The lowest BCUT2D eigenvalue weighted by Gasteiger charge is -2.50. The fraction of sp³-hybridized carbons (Fsp3) is 0.941. The summed E-state index contributed by atoms with van der Waals surface area (Å²) >= 11 is 0. The van der Waals surface area contributed by atoms with Crippen LogP contribution in [0.15, 0.2) is 0 Å². The van der Waals surface area contributed by atoms with E-state index in [0.717, 1.165) is 38.8 Å². The van der Waals surface area contributed by atoms with E-state index in [2.05, 4.69) is 44.8 Å². The average Bonchev–Trinajstić information content (AvgIpc) is 2.35. The molecule has 1 atom stereocenters. The highest BCUT2D eigenvalue weighted by atomic mass is 16.5. The summed E-state index contributed by atoms with van der Waals surface area (Å²) in [6.07, 6.45) is 4.16. The third kappa shape index (κ3) is 3.78. The Labute approximate surface area is 129 Å². The Morgan fingerprint density at radius 1 is 1.19 bits per heavy atom. The van der Waals surface area contributed by atoms with Crippen molar-refractivity contribution in [2.45, 2.75) is 71.5 Å². The molecule has 2 aliphatic rings. The van der Waals surface area contributed by atoms with Crippen LogP contribution in [0.1, 0.15) is 60.3 Å². The van der Waals surface area contributed by atoms with Crippen molar-refractivity contribution in [2.24, 2.45) is 5.41 Å². The summed E-state index contributed by atoms with van der Waals surface area (Å²) in [5.74, 6) is 0.334. The van der Waals surface area contributed by atoms with Gasteiger partial charge < -0.3 is 15.0 Å².